The van der Waals surface area contributed by atoms with Gasteiger partial charge in [0.2, 0.25) is 0 Å². The molecule has 0 bridgehead atoms. The lowest BCUT2D eigenvalue weighted by Gasteiger charge is -2.17. The van der Waals surface area contributed by atoms with Crippen LogP contribution >= 0.6 is 11.6 Å². The summed E-state index contributed by atoms with van der Waals surface area (Å²) in [6.45, 7) is 1.92. The average Bonchev–Trinajstić information content (AvgIpc) is 3.16. The van der Waals surface area contributed by atoms with Crippen molar-refractivity contribution in [1.82, 2.24) is 4.90 Å². The molecule has 2 aromatic rings. The van der Waals surface area contributed by atoms with Crippen LogP contribution in [-0.4, -0.2) is 46.0 Å². The van der Waals surface area contributed by atoms with Gasteiger partial charge in [0.25, 0.3) is 0 Å². The number of hydrogen-bond acceptors (Lipinski definition) is 4. The summed E-state index contributed by atoms with van der Waals surface area (Å²) >= 11 is 6.20. The number of hydrogen-bond donors (Lipinski definition) is 3. The molecule has 4 rings (SSSR count). The van der Waals surface area contributed by atoms with E-state index in [2.05, 4.69) is 17.0 Å². The van der Waals surface area contributed by atoms with Gasteiger partial charge in [-0.2, -0.15) is 0 Å². The van der Waals surface area contributed by atoms with E-state index >= 15 is 0 Å². The minimum Gasteiger partial charge on any atom is -0.506 e. The molecule has 4 atom stereocenters. The molecule has 0 amide bonds. The first-order valence-corrected chi connectivity index (χ1v) is 8.98. The molecule has 2 aromatic carbocycles. The van der Waals surface area contributed by atoms with Crippen LogP contribution in [0, 0.1) is 11.3 Å². The van der Waals surface area contributed by atoms with E-state index in [1.807, 2.05) is 24.3 Å². The maximum atomic E-state index is 10.8. The molecule has 1 saturated heterocycles. The molecule has 4 nitrogen and oxygen atoms in total. The molecule has 5 heteroatoms. The van der Waals surface area contributed by atoms with E-state index < -0.39 is 6.10 Å². The third kappa shape index (κ3) is 2.64. The molecule has 2 aliphatic rings. The van der Waals surface area contributed by atoms with Gasteiger partial charge in [-0.25, -0.2) is 0 Å². The number of likely N-dealkylation sites (tertiary alicyclic amines) is 1. The Bertz CT molecular complexity index is 769. The lowest BCUT2D eigenvalue weighted by Crippen LogP contribution is -2.23. The molecule has 1 aliphatic carbocycles. The van der Waals surface area contributed by atoms with Gasteiger partial charge in [0.1, 0.15) is 5.75 Å². The van der Waals surface area contributed by atoms with Crippen molar-refractivity contribution in [2.24, 2.45) is 11.3 Å². The van der Waals surface area contributed by atoms with Crippen molar-refractivity contribution < 1.29 is 15.3 Å². The van der Waals surface area contributed by atoms with Gasteiger partial charge in [-0.1, -0.05) is 54.1 Å². The van der Waals surface area contributed by atoms with E-state index in [0.29, 0.717) is 24.7 Å². The Morgan fingerprint density at radius 3 is 2.60 bits per heavy atom. The number of halogens is 1. The molecular formula is C20H22ClNO3. The Balaban J connectivity index is 1.56. The average molecular weight is 360 g/mol. The number of phenolic OH excluding ortho intramolecular Hbond substituents is 1. The fourth-order valence-corrected chi connectivity index (χ4v) is 4.90. The van der Waals surface area contributed by atoms with Gasteiger partial charge in [0.05, 0.1) is 11.1 Å². The van der Waals surface area contributed by atoms with Crippen molar-refractivity contribution in [3.63, 3.8) is 0 Å². The largest absolute Gasteiger partial charge is 0.506 e. The second-order valence-electron chi connectivity index (χ2n) is 7.23. The standard InChI is InChI=1S/C20H22ClNO3/c21-19-14(7-4-8-16(19)24)9-22-10-17(25)20(12-22)15(11-23)18(20)13-5-2-1-3-6-13/h1-8,15,17-18,23-25H,9-12H2/t15-,17-,18-,20-/m1/s1. The number of phenols is 1. The molecule has 1 heterocycles. The quantitative estimate of drug-likeness (QED) is 0.785. The second kappa shape index (κ2) is 6.29. The molecule has 1 aliphatic heterocycles. The molecule has 1 saturated carbocycles. The van der Waals surface area contributed by atoms with Crippen molar-refractivity contribution in [2.45, 2.75) is 18.6 Å². The monoisotopic (exact) mass is 359 g/mol. The summed E-state index contributed by atoms with van der Waals surface area (Å²) < 4.78 is 0. The predicted molar refractivity (Wildman–Crippen MR) is 96.6 cm³/mol. The summed E-state index contributed by atoms with van der Waals surface area (Å²) in [7, 11) is 0. The zero-order chi connectivity index (χ0) is 17.6. The first kappa shape index (κ1) is 16.9. The molecule has 25 heavy (non-hydrogen) atoms. The molecule has 1 spiro atoms. The SMILES string of the molecule is OC[C@@H]1[C@@H](c2ccccc2)[C@]12CN(Cc1cccc(O)c1Cl)C[C@H]2O. The van der Waals surface area contributed by atoms with Crippen molar-refractivity contribution in [3.05, 3.63) is 64.7 Å². The number of benzene rings is 2. The molecule has 3 N–H and O–H groups in total. The van der Waals surface area contributed by atoms with Crippen LogP contribution in [0.15, 0.2) is 48.5 Å². The van der Waals surface area contributed by atoms with Crippen LogP contribution in [0.3, 0.4) is 0 Å². The summed E-state index contributed by atoms with van der Waals surface area (Å²) in [5, 5.41) is 30.8. The van der Waals surface area contributed by atoms with Crippen molar-refractivity contribution in [1.29, 1.82) is 0 Å². The molecule has 0 radical (unpaired) electrons. The first-order chi connectivity index (χ1) is 12.1. The molecule has 132 valence electrons. The van der Waals surface area contributed by atoms with Gasteiger partial charge in [-0.15, -0.1) is 0 Å². The molecular weight excluding hydrogens is 338 g/mol. The van der Waals surface area contributed by atoms with Crippen LogP contribution in [0.2, 0.25) is 5.02 Å². The Kier molecular flexibility index (Phi) is 4.24. The third-order valence-corrected chi connectivity index (χ3v) is 6.36. The van der Waals surface area contributed by atoms with Gasteiger partial charge < -0.3 is 15.3 Å². The number of aliphatic hydroxyl groups excluding tert-OH is 2. The Hall–Kier alpha value is -1.59. The van der Waals surface area contributed by atoms with E-state index in [9.17, 15) is 15.3 Å². The molecule has 2 fully saturated rings. The summed E-state index contributed by atoms with van der Waals surface area (Å²) in [6, 6.07) is 15.4. The van der Waals surface area contributed by atoms with Crippen LogP contribution in [0.4, 0.5) is 0 Å². The zero-order valence-corrected chi connectivity index (χ0v) is 14.6. The maximum Gasteiger partial charge on any atom is 0.134 e. The number of β-amino-alcohol motifs (C(OH)–C–C–N with tert-alkyl or cyclic N) is 1. The molecule has 0 unspecified atom stereocenters. The van der Waals surface area contributed by atoms with E-state index in [4.69, 9.17) is 11.6 Å². The highest BCUT2D eigenvalue weighted by Gasteiger charge is 2.70. The minimum atomic E-state index is -0.481. The van der Waals surface area contributed by atoms with E-state index in [-0.39, 0.29) is 29.6 Å². The highest BCUT2D eigenvalue weighted by Crippen LogP contribution is 2.68. The van der Waals surface area contributed by atoms with Gasteiger partial charge in [-0.05, 0) is 29.0 Å². The van der Waals surface area contributed by atoms with Crippen LogP contribution in [0.5, 0.6) is 5.75 Å². The number of aliphatic hydroxyl groups is 2. The van der Waals surface area contributed by atoms with Crippen molar-refractivity contribution >= 4 is 11.6 Å². The summed E-state index contributed by atoms with van der Waals surface area (Å²) in [4.78, 5) is 2.16. The van der Waals surface area contributed by atoms with Gasteiger partial charge in [0.15, 0.2) is 0 Å². The van der Waals surface area contributed by atoms with Crippen LogP contribution < -0.4 is 0 Å². The van der Waals surface area contributed by atoms with Gasteiger partial charge in [0, 0.05) is 31.7 Å². The fraction of sp³-hybridized carbons (Fsp3) is 0.400. The summed E-state index contributed by atoms with van der Waals surface area (Å²) in [6.07, 6.45) is -0.481. The Morgan fingerprint density at radius 1 is 1.12 bits per heavy atom. The van der Waals surface area contributed by atoms with Gasteiger partial charge in [-0.3, -0.25) is 4.90 Å². The Morgan fingerprint density at radius 2 is 1.88 bits per heavy atom. The normalized spacial score (nSPS) is 31.6. The maximum absolute atomic E-state index is 10.8. The van der Waals surface area contributed by atoms with E-state index in [0.717, 1.165) is 5.56 Å². The van der Waals surface area contributed by atoms with E-state index in [1.165, 1.54) is 5.56 Å². The summed E-state index contributed by atoms with van der Waals surface area (Å²) in [5.41, 5.74) is 1.74. The van der Waals surface area contributed by atoms with Gasteiger partial charge >= 0.3 is 0 Å². The smallest absolute Gasteiger partial charge is 0.134 e. The van der Waals surface area contributed by atoms with Crippen molar-refractivity contribution in [2.75, 3.05) is 19.7 Å². The van der Waals surface area contributed by atoms with Crippen LogP contribution in [-0.2, 0) is 6.54 Å². The van der Waals surface area contributed by atoms with Crippen molar-refractivity contribution in [3.8, 4) is 5.75 Å². The Labute approximate surface area is 152 Å². The highest BCUT2D eigenvalue weighted by molar-refractivity contribution is 6.32. The first-order valence-electron chi connectivity index (χ1n) is 8.60. The third-order valence-electron chi connectivity index (χ3n) is 5.92. The number of nitrogens with zero attached hydrogens (tertiary/aromatic N) is 1. The lowest BCUT2D eigenvalue weighted by molar-refractivity contribution is 0.111. The number of rotatable bonds is 4. The predicted octanol–water partition coefficient (Wildman–Crippen LogP) is 2.61. The zero-order valence-electron chi connectivity index (χ0n) is 13.8. The van der Waals surface area contributed by atoms with Crippen LogP contribution in [0.1, 0.15) is 17.0 Å². The topological polar surface area (TPSA) is 63.9 Å². The van der Waals surface area contributed by atoms with E-state index in [1.54, 1.807) is 12.1 Å². The number of aromatic hydroxyl groups is 1. The second-order valence-corrected chi connectivity index (χ2v) is 7.60. The minimum absolute atomic E-state index is 0.0783. The fourth-order valence-electron chi connectivity index (χ4n) is 4.71. The lowest BCUT2D eigenvalue weighted by atomic mass is 9.95. The molecule has 0 aromatic heterocycles. The summed E-state index contributed by atoms with van der Waals surface area (Å²) in [5.74, 6) is 0.336. The van der Waals surface area contributed by atoms with Crippen LogP contribution in [0.25, 0.3) is 0 Å². The highest BCUT2D eigenvalue weighted by atomic mass is 35.5.